The van der Waals surface area contributed by atoms with Crippen LogP contribution in [0.25, 0.3) is 165 Å². The highest BCUT2D eigenvalue weighted by molar-refractivity contribution is 7.00. The lowest BCUT2D eigenvalue weighted by Gasteiger charge is -2.44. The second-order valence-electron chi connectivity index (χ2n) is 41.8. The maximum Gasteiger partial charge on any atom is 0.252 e. The number of fused-ring (bicyclic) bond motifs is 22. The van der Waals surface area contributed by atoms with E-state index >= 15 is 0 Å². The molecule has 0 fully saturated rings. The van der Waals surface area contributed by atoms with Gasteiger partial charge in [-0.25, -0.2) is 0 Å². The summed E-state index contributed by atoms with van der Waals surface area (Å²) in [6.07, 6.45) is 0. The highest BCUT2D eigenvalue weighted by atomic mass is 16.3. The van der Waals surface area contributed by atoms with E-state index < -0.39 is 103 Å². The number of para-hydroxylation sites is 8. The van der Waals surface area contributed by atoms with Gasteiger partial charge in [0.2, 0.25) is 0 Å². The SMILES string of the molecule is [2H]c1c([2H])c([2H])c2c(c1[2H])c1c([2H])c([2H])c([2H])c([2H])c1n2-c1cc2c3c(c1)N(c1cccc4c1oc1c(-n5c6c([2H])c([2H])c([2H])c([2H])c6c6c([2H])c([2H])c([2H])c([2H])c65)cccc14)c1cc(-c4cc(C(C)(C)C)cc(C(C)(C)C)c4)ccc1B3c1ccc(-n3c4ccc(C(C)(C)C)cc4c4cc(C(C)(C)C)ccc43)cc1N2c1cccc2c1oc1c(-n3c4ccc(C(C)(C)C)cc4c4cc(C(C)(C)C)ccc43)cccc12. The number of rotatable bonds is 7. The van der Waals surface area contributed by atoms with Crippen LogP contribution in [0.2, 0.25) is 0 Å². The number of benzene rings is 16. The average molecular weight is 1690 g/mol. The zero-order valence-corrected chi connectivity index (χ0v) is 75.8. The first-order chi connectivity index (χ1) is 68.4. The van der Waals surface area contributed by atoms with E-state index in [1.165, 1.54) is 26.8 Å². The van der Waals surface area contributed by atoms with E-state index in [0.717, 1.165) is 110 Å². The maximum atomic E-state index is 10.4. The van der Waals surface area contributed by atoms with Crippen molar-refractivity contribution in [1.29, 1.82) is 0 Å². The van der Waals surface area contributed by atoms with Crippen LogP contribution in [0.3, 0.4) is 0 Å². The molecule has 129 heavy (non-hydrogen) atoms. The largest absolute Gasteiger partial charge is 0.452 e. The van der Waals surface area contributed by atoms with E-state index in [1.807, 2.05) is 36.4 Å². The minimum absolute atomic E-state index is 0.0964. The number of nitrogens with zero attached hydrogens (tertiary/aromatic N) is 6. The van der Waals surface area contributed by atoms with Gasteiger partial charge in [0.1, 0.15) is 0 Å². The van der Waals surface area contributed by atoms with Gasteiger partial charge >= 0.3 is 0 Å². The van der Waals surface area contributed by atoms with Gasteiger partial charge in [-0.15, -0.1) is 0 Å². The van der Waals surface area contributed by atoms with Gasteiger partial charge in [-0.05, 0) is 221 Å². The minimum atomic E-state index is -0.731. The summed E-state index contributed by atoms with van der Waals surface area (Å²) in [5, 5.41) is 6.62. The lowest BCUT2D eigenvalue weighted by molar-refractivity contribution is 0.569. The summed E-state index contributed by atoms with van der Waals surface area (Å²) < 4.78 is 178. The maximum absolute atomic E-state index is 10.4. The van der Waals surface area contributed by atoms with Gasteiger partial charge in [0.25, 0.3) is 6.71 Å². The molecule has 0 radical (unpaired) electrons. The molecule has 2 aliphatic rings. The smallest absolute Gasteiger partial charge is 0.252 e. The van der Waals surface area contributed by atoms with Crippen LogP contribution in [0.1, 0.15) is 180 Å². The first-order valence-corrected chi connectivity index (χ1v) is 44.7. The zero-order chi connectivity index (χ0) is 102. The fraction of sp³-hybridized carbons (Fsp3) is 0.200. The average Bonchev–Trinajstić information content (AvgIpc) is 1.64. The van der Waals surface area contributed by atoms with Crippen molar-refractivity contribution in [2.45, 2.75) is 157 Å². The topological polar surface area (TPSA) is 52.5 Å². The fourth-order valence-corrected chi connectivity index (χ4v) is 20.7. The molecule has 0 atom stereocenters. The Morgan fingerprint density at radius 2 is 0.535 bits per heavy atom. The van der Waals surface area contributed by atoms with Crippen LogP contribution in [-0.4, -0.2) is 25.0 Å². The van der Waals surface area contributed by atoms with Gasteiger partial charge in [0.15, 0.2) is 22.3 Å². The van der Waals surface area contributed by atoms with Gasteiger partial charge in [0, 0.05) is 93.1 Å². The van der Waals surface area contributed by atoms with Crippen molar-refractivity contribution in [2.24, 2.45) is 0 Å². The first kappa shape index (κ1) is 63.0. The van der Waals surface area contributed by atoms with Crippen LogP contribution in [-0.2, 0) is 32.5 Å². The Balaban J connectivity index is 0.877. The summed E-state index contributed by atoms with van der Waals surface area (Å²) in [6, 6.07) is 66.7. The highest BCUT2D eigenvalue weighted by Crippen LogP contribution is 2.54. The Kier molecular flexibility index (Phi) is 13.3. The quantitative estimate of drug-likeness (QED) is 0.149. The van der Waals surface area contributed by atoms with E-state index in [1.54, 1.807) is 16.7 Å². The Morgan fingerprint density at radius 1 is 0.225 bits per heavy atom. The molecule has 8 heterocycles. The number of furan rings is 2. The summed E-state index contributed by atoms with van der Waals surface area (Å²) in [6.45, 7) is 39.5. The van der Waals surface area contributed by atoms with Crippen LogP contribution >= 0.6 is 0 Å². The molecule has 16 aromatic carbocycles. The first-order valence-electron chi connectivity index (χ1n) is 52.7. The van der Waals surface area contributed by atoms with Crippen molar-refractivity contribution in [3.63, 3.8) is 0 Å². The summed E-state index contributed by atoms with van der Waals surface area (Å²) in [4.78, 5) is 4.44. The number of aromatic nitrogens is 4. The van der Waals surface area contributed by atoms with Crippen LogP contribution in [0.4, 0.5) is 34.1 Å². The van der Waals surface area contributed by atoms with E-state index in [9.17, 15) is 19.2 Å². The molecule has 0 amide bonds. The van der Waals surface area contributed by atoms with E-state index in [-0.39, 0.29) is 93.1 Å². The van der Waals surface area contributed by atoms with Gasteiger partial charge < -0.3 is 36.9 Å². The molecular formula is C120H105BN6O2. The van der Waals surface area contributed by atoms with Gasteiger partial charge in [-0.2, -0.15) is 0 Å². The predicted molar refractivity (Wildman–Crippen MR) is 550 cm³/mol. The van der Waals surface area contributed by atoms with Crippen molar-refractivity contribution in [3.8, 4) is 33.9 Å². The Hall–Kier alpha value is -14.0. The van der Waals surface area contributed by atoms with Gasteiger partial charge in [-0.3, -0.25) is 0 Å². The molecule has 0 saturated carbocycles. The molecule has 8 nitrogen and oxygen atoms in total. The summed E-state index contributed by atoms with van der Waals surface area (Å²) in [7, 11) is 0. The molecule has 0 N–H and O–H groups in total. The molecule has 630 valence electrons. The summed E-state index contributed by atoms with van der Waals surface area (Å²) in [5.74, 6) is 0. The van der Waals surface area contributed by atoms with Crippen molar-refractivity contribution < 1.29 is 30.8 Å². The highest BCUT2D eigenvalue weighted by Gasteiger charge is 2.46. The minimum Gasteiger partial charge on any atom is -0.452 e. The zero-order valence-electron chi connectivity index (χ0n) is 91.8. The normalized spacial score (nSPS) is 15.3. The molecule has 0 aliphatic carbocycles. The molecular weight excluding hydrogens is 1570 g/mol. The lowest BCUT2D eigenvalue weighted by atomic mass is 9.33. The van der Waals surface area contributed by atoms with Crippen LogP contribution in [0.5, 0.6) is 0 Å². The third kappa shape index (κ3) is 11.8. The number of hydrogen-bond acceptors (Lipinski definition) is 4. The molecule has 0 bridgehead atoms. The van der Waals surface area contributed by atoms with E-state index in [0.29, 0.717) is 56.0 Å². The third-order valence-electron chi connectivity index (χ3n) is 27.5. The van der Waals surface area contributed by atoms with Crippen molar-refractivity contribution in [2.75, 3.05) is 9.80 Å². The monoisotopic (exact) mass is 1690 g/mol. The molecule has 6 aromatic heterocycles. The summed E-state index contributed by atoms with van der Waals surface area (Å²) >= 11 is 0. The number of hydrogen-bond donors (Lipinski definition) is 0. The molecule has 24 rings (SSSR count). The van der Waals surface area contributed by atoms with Gasteiger partial charge in [0.05, 0.1) is 94.5 Å². The Morgan fingerprint density at radius 3 is 0.915 bits per heavy atom. The predicted octanol–water partition coefficient (Wildman–Crippen LogP) is 31.4. The molecule has 2 aliphatic heterocycles. The van der Waals surface area contributed by atoms with Crippen LogP contribution in [0.15, 0.2) is 318 Å². The second-order valence-corrected chi connectivity index (χ2v) is 41.8. The van der Waals surface area contributed by atoms with Crippen molar-refractivity contribution in [3.05, 3.63) is 342 Å². The third-order valence-corrected chi connectivity index (χ3v) is 27.5. The Bertz CT molecular complexity index is 9310. The van der Waals surface area contributed by atoms with Gasteiger partial charge in [-0.1, -0.05) is 306 Å². The van der Waals surface area contributed by atoms with E-state index in [4.69, 9.17) is 11.6 Å². The molecule has 22 aromatic rings. The molecule has 9 heteroatoms. The van der Waals surface area contributed by atoms with Crippen LogP contribution < -0.4 is 26.2 Å². The number of anilines is 6. The fourth-order valence-electron chi connectivity index (χ4n) is 20.7. The van der Waals surface area contributed by atoms with Crippen LogP contribution in [0, 0.1) is 0 Å². The molecule has 0 unspecified atom stereocenters. The lowest BCUT2D eigenvalue weighted by Crippen LogP contribution is -2.61. The molecule has 0 saturated heterocycles. The molecule has 0 spiro atoms. The standard InChI is InChI=1S/C120H105BN6O2/c1-115(2,3)72-48-55-98-88(63-72)89-64-73(116(4,5)6)49-56-99(89)122(98)78-52-54-93-107(67-78)127(105-46-30-38-87-85-36-28-44-103(112(85)129-114(87)105)125-100-57-50-74(117(7,8)9)65-90(100)91-66-75(118(10,11)12)51-58-101(91)125)109-69-79(123-94-39-23-19-31-80(94)81-32-20-24-40-95(81)123)68-108-110(109)121(93)92-53-47-70(71-59-76(119(13,14)15)62-77(60-71)120(16,17)18)61-106(92)126(108)104-45-29-37-86-84-35-27-43-102(111(84)128-113(86)104)124-96-41-25-21-33-82(96)83-34-22-26-42-97(83)124/h19-69H,1-18H3/i19D,20D,21D,22D,23D,24D,25D,26D,31D,32D,33D,34D,39D,40D,41D,42D. The second kappa shape index (κ2) is 27.3. The Labute approximate surface area is 776 Å². The van der Waals surface area contributed by atoms with E-state index in [2.05, 4.69) is 307 Å². The summed E-state index contributed by atoms with van der Waals surface area (Å²) in [5.41, 5.74) is 20.4. The van der Waals surface area contributed by atoms with Crippen molar-refractivity contribution in [1.82, 2.24) is 18.3 Å². The van der Waals surface area contributed by atoms with Crippen molar-refractivity contribution >= 4 is 188 Å².